The van der Waals surface area contributed by atoms with Crippen molar-refractivity contribution in [3.05, 3.63) is 105 Å². The lowest BCUT2D eigenvalue weighted by Crippen LogP contribution is -2.18. The summed E-state index contributed by atoms with van der Waals surface area (Å²) in [7, 11) is 0. The maximum Gasteiger partial charge on any atom is 0.260 e. The average Bonchev–Trinajstić information content (AvgIpc) is 2.72. The van der Waals surface area contributed by atoms with Crippen LogP contribution in [0.5, 0.6) is 5.75 Å². The van der Waals surface area contributed by atoms with Crippen LogP contribution in [0.4, 0.5) is 0 Å². The molecule has 1 aromatic heterocycles. The lowest BCUT2D eigenvalue weighted by molar-refractivity contribution is 0.104. The minimum Gasteiger partial charge on any atom is -0.508 e. The second kappa shape index (κ2) is 7.89. The Balaban J connectivity index is 1.92. The Bertz CT molecular complexity index is 1310. The highest BCUT2D eigenvalue weighted by Gasteiger charge is 2.19. The summed E-state index contributed by atoms with van der Waals surface area (Å²) in [4.78, 5) is 28.7. The number of H-pyrrole nitrogens is 1. The van der Waals surface area contributed by atoms with Crippen molar-refractivity contribution in [3.8, 4) is 16.9 Å². The van der Waals surface area contributed by atoms with Gasteiger partial charge in [0.25, 0.3) is 5.56 Å². The van der Waals surface area contributed by atoms with Crippen LogP contribution < -0.4 is 5.56 Å². The van der Waals surface area contributed by atoms with Crippen molar-refractivity contribution in [3.63, 3.8) is 0 Å². The van der Waals surface area contributed by atoms with E-state index >= 15 is 0 Å². The third kappa shape index (κ3) is 3.91. The van der Waals surface area contributed by atoms with Gasteiger partial charge in [-0.1, -0.05) is 64.5 Å². The molecule has 0 saturated carbocycles. The van der Waals surface area contributed by atoms with Gasteiger partial charge in [-0.05, 0) is 47.5 Å². The van der Waals surface area contributed by atoms with Crippen molar-refractivity contribution in [2.45, 2.75) is 0 Å². The zero-order chi connectivity index (χ0) is 20.4. The minimum absolute atomic E-state index is 0.0817. The predicted octanol–water partition coefficient (Wildman–Crippen LogP) is 5.56. The Morgan fingerprint density at radius 2 is 1.76 bits per heavy atom. The maximum absolute atomic E-state index is 13.1. The van der Waals surface area contributed by atoms with Gasteiger partial charge in [0.15, 0.2) is 5.78 Å². The molecule has 0 saturated heterocycles. The highest BCUT2D eigenvalue weighted by Crippen LogP contribution is 2.31. The predicted molar refractivity (Wildman–Crippen MR) is 119 cm³/mol. The summed E-state index contributed by atoms with van der Waals surface area (Å²) in [5.74, 6) is -0.298. The number of halogens is 1. The fourth-order valence-electron chi connectivity index (χ4n) is 3.29. The Kier molecular flexibility index (Phi) is 5.14. The van der Waals surface area contributed by atoms with E-state index in [1.54, 1.807) is 30.3 Å². The molecule has 0 fully saturated rings. The summed E-state index contributed by atoms with van der Waals surface area (Å²) in [6.45, 7) is 0. The number of hydrogen-bond acceptors (Lipinski definition) is 3. The van der Waals surface area contributed by atoms with Crippen molar-refractivity contribution in [1.29, 1.82) is 0 Å². The average molecular weight is 446 g/mol. The summed E-state index contributed by atoms with van der Waals surface area (Å²) in [5.41, 5.74) is 2.35. The minimum atomic E-state index is -0.441. The summed E-state index contributed by atoms with van der Waals surface area (Å²) in [6, 6.07) is 21.5. The number of aromatic nitrogens is 1. The lowest BCUT2D eigenvalue weighted by atomic mass is 9.94. The van der Waals surface area contributed by atoms with Gasteiger partial charge in [-0.25, -0.2) is 0 Å². The summed E-state index contributed by atoms with van der Waals surface area (Å²) in [5, 5.41) is 10.4. The second-order valence-corrected chi connectivity index (χ2v) is 7.47. The number of aromatic amines is 1. The number of carbonyl (C=O) groups is 1. The van der Waals surface area contributed by atoms with E-state index in [9.17, 15) is 14.7 Å². The third-order valence-electron chi connectivity index (χ3n) is 4.58. The molecule has 29 heavy (non-hydrogen) atoms. The highest BCUT2D eigenvalue weighted by molar-refractivity contribution is 9.10. The Hall–Kier alpha value is -3.44. The highest BCUT2D eigenvalue weighted by atomic mass is 79.9. The molecule has 0 radical (unpaired) electrons. The van der Waals surface area contributed by atoms with E-state index in [1.807, 2.05) is 48.5 Å². The molecule has 5 heteroatoms. The first kappa shape index (κ1) is 18.9. The summed E-state index contributed by atoms with van der Waals surface area (Å²) < 4.78 is 0.850. The van der Waals surface area contributed by atoms with Crippen molar-refractivity contribution in [2.24, 2.45) is 0 Å². The molecule has 4 nitrogen and oxygen atoms in total. The SMILES string of the molecule is O=C(C=Cc1cccc(O)c1)c1c(-c2ccccc2)c2cc(Br)ccc2[nH]c1=O. The Morgan fingerprint density at radius 3 is 2.52 bits per heavy atom. The number of hydrogen-bond donors (Lipinski definition) is 2. The maximum atomic E-state index is 13.1. The van der Waals surface area contributed by atoms with Gasteiger partial charge in [-0.15, -0.1) is 0 Å². The Labute approximate surface area is 175 Å². The van der Waals surface area contributed by atoms with Crippen molar-refractivity contribution in [2.75, 3.05) is 0 Å². The summed E-state index contributed by atoms with van der Waals surface area (Å²) in [6.07, 6.45) is 2.94. The molecule has 0 aliphatic heterocycles. The zero-order valence-electron chi connectivity index (χ0n) is 15.2. The van der Waals surface area contributed by atoms with E-state index in [0.717, 1.165) is 15.4 Å². The fourth-order valence-corrected chi connectivity index (χ4v) is 3.65. The molecule has 0 aliphatic rings. The van der Waals surface area contributed by atoms with Gasteiger partial charge in [-0.3, -0.25) is 9.59 Å². The number of carbonyl (C=O) groups excluding carboxylic acids is 1. The van der Waals surface area contributed by atoms with Crippen LogP contribution >= 0.6 is 15.9 Å². The van der Waals surface area contributed by atoms with E-state index < -0.39 is 11.3 Å². The van der Waals surface area contributed by atoms with E-state index in [4.69, 9.17) is 0 Å². The van der Waals surface area contributed by atoms with E-state index in [0.29, 0.717) is 16.6 Å². The molecule has 0 aliphatic carbocycles. The quantitative estimate of drug-likeness (QED) is 0.319. The van der Waals surface area contributed by atoms with Gasteiger partial charge in [0.2, 0.25) is 0 Å². The molecule has 1 heterocycles. The molecule has 0 bridgehead atoms. The molecule has 3 aromatic carbocycles. The molecule has 0 atom stereocenters. The van der Waals surface area contributed by atoms with Crippen LogP contribution in [0.2, 0.25) is 0 Å². The zero-order valence-corrected chi connectivity index (χ0v) is 16.8. The first-order chi connectivity index (χ1) is 14.0. The van der Waals surface area contributed by atoms with Crippen LogP contribution in [0.3, 0.4) is 0 Å². The number of phenols is 1. The van der Waals surface area contributed by atoms with E-state index in [1.165, 1.54) is 6.08 Å². The van der Waals surface area contributed by atoms with Crippen LogP contribution in [0.15, 0.2) is 88.1 Å². The third-order valence-corrected chi connectivity index (χ3v) is 5.08. The molecular weight excluding hydrogens is 430 g/mol. The Morgan fingerprint density at radius 1 is 0.966 bits per heavy atom. The molecule has 0 spiro atoms. The van der Waals surface area contributed by atoms with Crippen LogP contribution in [-0.2, 0) is 0 Å². The number of rotatable bonds is 4. The number of ketones is 1. The van der Waals surface area contributed by atoms with Crippen molar-refractivity contribution < 1.29 is 9.90 Å². The number of fused-ring (bicyclic) bond motifs is 1. The number of benzene rings is 3. The molecule has 4 rings (SSSR count). The summed E-state index contributed by atoms with van der Waals surface area (Å²) >= 11 is 3.47. The number of allylic oxidation sites excluding steroid dienone is 1. The largest absolute Gasteiger partial charge is 0.508 e. The van der Waals surface area contributed by atoms with Gasteiger partial charge in [0, 0.05) is 20.9 Å². The smallest absolute Gasteiger partial charge is 0.260 e. The molecule has 0 unspecified atom stereocenters. The van der Waals surface area contributed by atoms with Crippen LogP contribution in [0, 0.1) is 0 Å². The normalized spacial score (nSPS) is 11.2. The number of phenolic OH excluding ortho intramolecular Hbond substituents is 1. The monoisotopic (exact) mass is 445 g/mol. The number of aromatic hydroxyl groups is 1. The molecule has 2 N–H and O–H groups in total. The van der Waals surface area contributed by atoms with Gasteiger partial charge in [0.1, 0.15) is 5.75 Å². The van der Waals surface area contributed by atoms with Gasteiger partial charge in [-0.2, -0.15) is 0 Å². The first-order valence-electron chi connectivity index (χ1n) is 8.95. The van der Waals surface area contributed by atoms with Crippen LogP contribution in [0.1, 0.15) is 15.9 Å². The number of pyridine rings is 1. The van der Waals surface area contributed by atoms with E-state index in [-0.39, 0.29) is 11.3 Å². The molecule has 4 aromatic rings. The van der Waals surface area contributed by atoms with Crippen LogP contribution in [-0.4, -0.2) is 15.9 Å². The second-order valence-electron chi connectivity index (χ2n) is 6.55. The first-order valence-corrected chi connectivity index (χ1v) is 9.74. The van der Waals surface area contributed by atoms with Gasteiger partial charge < -0.3 is 10.1 Å². The molecular formula is C24H16BrNO3. The van der Waals surface area contributed by atoms with Gasteiger partial charge in [0.05, 0.1) is 5.56 Å². The van der Waals surface area contributed by atoms with E-state index in [2.05, 4.69) is 20.9 Å². The molecule has 142 valence electrons. The molecule has 0 amide bonds. The van der Waals surface area contributed by atoms with Crippen LogP contribution in [0.25, 0.3) is 28.1 Å². The van der Waals surface area contributed by atoms with Gasteiger partial charge >= 0.3 is 0 Å². The standard InChI is InChI=1S/C24H16BrNO3/c25-17-10-11-20-19(14-17)22(16-6-2-1-3-7-16)23(24(29)26-20)21(28)12-9-15-5-4-8-18(27)13-15/h1-14,27H,(H,26,29). The number of nitrogens with one attached hydrogen (secondary N) is 1. The fraction of sp³-hybridized carbons (Fsp3) is 0. The van der Waals surface area contributed by atoms with Crippen molar-refractivity contribution >= 4 is 38.7 Å². The lowest BCUT2D eigenvalue weighted by Gasteiger charge is -2.12. The topological polar surface area (TPSA) is 70.2 Å². The van der Waals surface area contributed by atoms with Crippen molar-refractivity contribution in [1.82, 2.24) is 4.98 Å².